The molecular weight excluding hydrogens is 232 g/mol. The van der Waals surface area contributed by atoms with E-state index in [4.69, 9.17) is 0 Å². The van der Waals surface area contributed by atoms with Crippen LogP contribution in [-0.2, 0) is 6.42 Å². The first-order chi connectivity index (χ1) is 9.31. The highest BCUT2D eigenvalue weighted by Gasteiger charge is 2.38. The van der Waals surface area contributed by atoms with E-state index in [0.29, 0.717) is 6.04 Å². The molecule has 1 aromatic rings. The third kappa shape index (κ3) is 2.02. The Hall–Kier alpha value is -0.860. The van der Waals surface area contributed by atoms with Crippen LogP contribution < -0.4 is 5.32 Å². The van der Waals surface area contributed by atoms with Crippen LogP contribution in [0.2, 0.25) is 0 Å². The minimum atomic E-state index is 0.665. The van der Waals surface area contributed by atoms with Crippen molar-refractivity contribution in [3.05, 3.63) is 35.4 Å². The lowest BCUT2D eigenvalue weighted by molar-refractivity contribution is 0.124. The smallest absolute Gasteiger partial charge is 0.0353 e. The quantitative estimate of drug-likeness (QED) is 0.875. The van der Waals surface area contributed by atoms with Gasteiger partial charge in [-0.05, 0) is 56.7 Å². The lowest BCUT2D eigenvalue weighted by Gasteiger charge is -2.39. The Morgan fingerprint density at radius 3 is 2.58 bits per heavy atom. The molecule has 2 heteroatoms. The van der Waals surface area contributed by atoms with Gasteiger partial charge in [0, 0.05) is 24.2 Å². The first-order valence-electron chi connectivity index (χ1n) is 7.87. The topological polar surface area (TPSA) is 15.3 Å². The van der Waals surface area contributed by atoms with E-state index in [2.05, 4.69) is 41.5 Å². The number of rotatable bonds is 2. The summed E-state index contributed by atoms with van der Waals surface area (Å²) in [5.74, 6) is 0. The summed E-state index contributed by atoms with van der Waals surface area (Å²) >= 11 is 0. The molecule has 2 aliphatic heterocycles. The van der Waals surface area contributed by atoms with Gasteiger partial charge in [0.05, 0.1) is 0 Å². The maximum atomic E-state index is 3.76. The normalized spacial score (nSPS) is 36.7. The van der Waals surface area contributed by atoms with Crippen molar-refractivity contribution in [3.8, 4) is 0 Å². The van der Waals surface area contributed by atoms with Gasteiger partial charge in [0.25, 0.3) is 0 Å². The summed E-state index contributed by atoms with van der Waals surface area (Å²) in [5.41, 5.74) is 3.17. The summed E-state index contributed by atoms with van der Waals surface area (Å²) in [6.45, 7) is 0. The Labute approximate surface area is 116 Å². The van der Waals surface area contributed by atoms with Crippen LogP contribution in [0.4, 0.5) is 0 Å². The molecule has 1 aliphatic carbocycles. The van der Waals surface area contributed by atoms with Gasteiger partial charge in [-0.3, -0.25) is 4.90 Å². The fourth-order valence-electron chi connectivity index (χ4n) is 4.57. The molecular formula is C17H24N2. The van der Waals surface area contributed by atoms with Gasteiger partial charge in [-0.1, -0.05) is 24.3 Å². The van der Waals surface area contributed by atoms with Gasteiger partial charge in [-0.2, -0.15) is 0 Å². The molecule has 0 spiro atoms. The molecule has 3 aliphatic rings. The van der Waals surface area contributed by atoms with E-state index >= 15 is 0 Å². The zero-order valence-corrected chi connectivity index (χ0v) is 11.8. The SMILES string of the molecule is CN(C1CC2CCC(C1)N2)C1CCc2ccccc21. The summed E-state index contributed by atoms with van der Waals surface area (Å²) in [6, 6.07) is 12.1. The number of nitrogens with zero attached hydrogens (tertiary/aromatic N) is 1. The average Bonchev–Trinajstić information content (AvgIpc) is 3.01. The molecule has 2 bridgehead atoms. The second-order valence-electron chi connectivity index (χ2n) is 6.68. The van der Waals surface area contributed by atoms with Gasteiger partial charge in [0.15, 0.2) is 0 Å². The Morgan fingerprint density at radius 1 is 1.05 bits per heavy atom. The Morgan fingerprint density at radius 2 is 1.79 bits per heavy atom. The molecule has 3 atom stereocenters. The van der Waals surface area contributed by atoms with Crippen molar-refractivity contribution in [1.82, 2.24) is 10.2 Å². The summed E-state index contributed by atoms with van der Waals surface area (Å²) < 4.78 is 0. The van der Waals surface area contributed by atoms with Crippen molar-refractivity contribution < 1.29 is 0 Å². The zero-order valence-electron chi connectivity index (χ0n) is 11.8. The number of aryl methyl sites for hydroxylation is 1. The molecule has 0 radical (unpaired) electrons. The maximum absolute atomic E-state index is 3.76. The molecule has 2 nitrogen and oxygen atoms in total. The van der Waals surface area contributed by atoms with Crippen LogP contribution in [0, 0.1) is 0 Å². The van der Waals surface area contributed by atoms with Gasteiger partial charge in [-0.15, -0.1) is 0 Å². The number of hydrogen-bond acceptors (Lipinski definition) is 2. The van der Waals surface area contributed by atoms with Crippen molar-refractivity contribution in [2.45, 2.75) is 62.7 Å². The van der Waals surface area contributed by atoms with E-state index in [1.165, 1.54) is 38.5 Å². The lowest BCUT2D eigenvalue weighted by Crippen LogP contribution is -2.47. The molecule has 1 aromatic carbocycles. The van der Waals surface area contributed by atoms with Crippen LogP contribution in [0.3, 0.4) is 0 Å². The molecule has 2 fully saturated rings. The first-order valence-corrected chi connectivity index (χ1v) is 7.87. The molecule has 0 saturated carbocycles. The predicted octanol–water partition coefficient (Wildman–Crippen LogP) is 2.89. The Balaban J connectivity index is 1.54. The molecule has 4 rings (SSSR count). The average molecular weight is 256 g/mol. The Kier molecular flexibility index (Phi) is 2.89. The van der Waals surface area contributed by atoms with Gasteiger partial charge in [0.2, 0.25) is 0 Å². The molecule has 0 aromatic heterocycles. The molecule has 19 heavy (non-hydrogen) atoms. The second-order valence-corrected chi connectivity index (χ2v) is 6.68. The summed E-state index contributed by atoms with van der Waals surface area (Å²) in [6.07, 6.45) is 8.09. The Bertz CT molecular complexity index is 458. The van der Waals surface area contributed by atoms with Crippen LogP contribution >= 0.6 is 0 Å². The molecule has 102 valence electrons. The largest absolute Gasteiger partial charge is 0.311 e. The van der Waals surface area contributed by atoms with Crippen LogP contribution in [0.1, 0.15) is 49.3 Å². The van der Waals surface area contributed by atoms with Gasteiger partial charge in [0.1, 0.15) is 0 Å². The van der Waals surface area contributed by atoms with Crippen molar-refractivity contribution in [1.29, 1.82) is 0 Å². The fraction of sp³-hybridized carbons (Fsp3) is 0.647. The minimum Gasteiger partial charge on any atom is -0.311 e. The van der Waals surface area contributed by atoms with Crippen LogP contribution in [0.15, 0.2) is 24.3 Å². The van der Waals surface area contributed by atoms with E-state index in [9.17, 15) is 0 Å². The van der Waals surface area contributed by atoms with E-state index in [1.54, 1.807) is 11.1 Å². The van der Waals surface area contributed by atoms with Gasteiger partial charge < -0.3 is 5.32 Å². The molecule has 0 amide bonds. The summed E-state index contributed by atoms with van der Waals surface area (Å²) in [7, 11) is 2.36. The summed E-state index contributed by atoms with van der Waals surface area (Å²) in [5, 5.41) is 3.76. The molecule has 2 heterocycles. The highest BCUT2D eigenvalue weighted by atomic mass is 15.2. The number of fused-ring (bicyclic) bond motifs is 3. The zero-order chi connectivity index (χ0) is 12.8. The minimum absolute atomic E-state index is 0.665. The summed E-state index contributed by atoms with van der Waals surface area (Å²) in [4.78, 5) is 2.69. The highest BCUT2D eigenvalue weighted by Crippen LogP contribution is 2.39. The van der Waals surface area contributed by atoms with E-state index in [-0.39, 0.29) is 0 Å². The van der Waals surface area contributed by atoms with Crippen LogP contribution in [0.5, 0.6) is 0 Å². The van der Waals surface area contributed by atoms with Crippen molar-refractivity contribution in [3.63, 3.8) is 0 Å². The standard InChI is InChI=1S/C17H24N2/c1-19(15-10-13-7-8-14(11-15)18-13)17-9-6-12-4-2-3-5-16(12)17/h2-5,13-15,17-18H,6-11H2,1H3. The van der Waals surface area contributed by atoms with E-state index in [0.717, 1.165) is 18.1 Å². The lowest BCUT2D eigenvalue weighted by atomic mass is 9.96. The van der Waals surface area contributed by atoms with Crippen LogP contribution in [-0.4, -0.2) is 30.1 Å². The van der Waals surface area contributed by atoms with Crippen molar-refractivity contribution in [2.24, 2.45) is 0 Å². The van der Waals surface area contributed by atoms with Crippen molar-refractivity contribution in [2.75, 3.05) is 7.05 Å². The molecule has 1 N–H and O–H groups in total. The number of benzene rings is 1. The second kappa shape index (κ2) is 4.60. The number of nitrogens with one attached hydrogen (secondary N) is 1. The third-order valence-corrected chi connectivity index (χ3v) is 5.62. The molecule has 2 saturated heterocycles. The predicted molar refractivity (Wildman–Crippen MR) is 78.2 cm³/mol. The third-order valence-electron chi connectivity index (χ3n) is 5.62. The molecule has 3 unspecified atom stereocenters. The van der Waals surface area contributed by atoms with Crippen molar-refractivity contribution >= 4 is 0 Å². The number of hydrogen-bond donors (Lipinski definition) is 1. The first kappa shape index (κ1) is 11.9. The van der Waals surface area contributed by atoms with Gasteiger partial charge >= 0.3 is 0 Å². The van der Waals surface area contributed by atoms with Crippen LogP contribution in [0.25, 0.3) is 0 Å². The monoisotopic (exact) mass is 256 g/mol. The highest BCUT2D eigenvalue weighted by molar-refractivity contribution is 5.34. The fourth-order valence-corrected chi connectivity index (χ4v) is 4.57. The van der Waals surface area contributed by atoms with E-state index in [1.807, 2.05) is 0 Å². The number of piperidine rings is 1. The maximum Gasteiger partial charge on any atom is 0.0353 e. The van der Waals surface area contributed by atoms with E-state index < -0.39 is 0 Å². The van der Waals surface area contributed by atoms with Gasteiger partial charge in [-0.25, -0.2) is 0 Å².